The molecule has 2 aromatic rings. The predicted molar refractivity (Wildman–Crippen MR) is 92.2 cm³/mol. The Morgan fingerprint density at radius 2 is 2.00 bits per heavy atom. The van der Waals surface area contributed by atoms with E-state index in [1.54, 1.807) is 0 Å². The van der Waals surface area contributed by atoms with Gasteiger partial charge in [0.1, 0.15) is 6.20 Å². The number of hydrogen-bond donors (Lipinski definition) is 0. The van der Waals surface area contributed by atoms with Gasteiger partial charge in [0.15, 0.2) is 0 Å². The molecule has 1 aromatic carbocycles. The summed E-state index contributed by atoms with van der Waals surface area (Å²) in [4.78, 5) is 16.3. The number of nitrogens with zero attached hydrogens (tertiary/aromatic N) is 5. The Hall–Kier alpha value is -2.35. The summed E-state index contributed by atoms with van der Waals surface area (Å²) in [6.45, 7) is 6.32. The molecule has 0 fully saturated rings. The van der Waals surface area contributed by atoms with Crippen LogP contribution in [0.15, 0.2) is 40.7 Å². The third-order valence-corrected chi connectivity index (χ3v) is 4.12. The highest BCUT2D eigenvalue weighted by Crippen LogP contribution is 2.29. The maximum absolute atomic E-state index is 10.6. The fourth-order valence-electron chi connectivity index (χ4n) is 2.04. The molecule has 8 heteroatoms. The van der Waals surface area contributed by atoms with Gasteiger partial charge < -0.3 is 4.90 Å². The maximum atomic E-state index is 10.6. The molecular weight excluding hydrogens is 314 g/mol. The van der Waals surface area contributed by atoms with Crippen molar-refractivity contribution in [1.82, 2.24) is 4.98 Å². The number of thiazole rings is 1. The van der Waals surface area contributed by atoms with E-state index in [4.69, 9.17) is 0 Å². The standard InChI is InChI=1S/C15H19N5O2S/c1-3-5-10-19(4-2)13-8-6-12(7-9-13)17-18-15-16-11-14(23-15)20(21)22/h6-9,11H,3-5,10H2,1-2H3/b18-17+. The number of hydrogen-bond acceptors (Lipinski definition) is 7. The lowest BCUT2D eigenvalue weighted by molar-refractivity contribution is -0.380. The highest BCUT2D eigenvalue weighted by molar-refractivity contribution is 7.18. The molecule has 23 heavy (non-hydrogen) atoms. The van der Waals surface area contributed by atoms with E-state index in [0.717, 1.165) is 36.5 Å². The lowest BCUT2D eigenvalue weighted by Gasteiger charge is -2.22. The van der Waals surface area contributed by atoms with Gasteiger partial charge in [-0.15, -0.1) is 10.2 Å². The van der Waals surface area contributed by atoms with Crippen molar-refractivity contribution in [2.24, 2.45) is 10.2 Å². The highest BCUT2D eigenvalue weighted by atomic mass is 32.1. The van der Waals surface area contributed by atoms with Crippen LogP contribution in [-0.2, 0) is 0 Å². The van der Waals surface area contributed by atoms with Crippen LogP contribution in [0.1, 0.15) is 26.7 Å². The van der Waals surface area contributed by atoms with E-state index in [2.05, 4.69) is 34.0 Å². The van der Waals surface area contributed by atoms with Gasteiger partial charge in [0, 0.05) is 18.8 Å². The minimum absolute atomic E-state index is 0.0381. The van der Waals surface area contributed by atoms with E-state index in [1.807, 2.05) is 24.3 Å². The molecule has 122 valence electrons. The van der Waals surface area contributed by atoms with Gasteiger partial charge in [0.2, 0.25) is 5.13 Å². The summed E-state index contributed by atoms with van der Waals surface area (Å²) >= 11 is 0.902. The zero-order valence-corrected chi connectivity index (χ0v) is 14.0. The van der Waals surface area contributed by atoms with Gasteiger partial charge in [-0.25, -0.2) is 4.98 Å². The number of benzene rings is 1. The third kappa shape index (κ3) is 4.82. The topological polar surface area (TPSA) is 84.0 Å². The van der Waals surface area contributed by atoms with Crippen molar-refractivity contribution in [3.05, 3.63) is 40.6 Å². The molecule has 0 saturated heterocycles. The molecule has 0 saturated carbocycles. The molecule has 1 heterocycles. The van der Waals surface area contributed by atoms with E-state index in [9.17, 15) is 10.1 Å². The molecule has 0 aliphatic carbocycles. The molecule has 0 aliphatic heterocycles. The first-order chi connectivity index (χ1) is 11.1. The Kier molecular flexibility index (Phi) is 6.16. The minimum Gasteiger partial charge on any atom is -0.372 e. The van der Waals surface area contributed by atoms with Gasteiger partial charge in [-0.3, -0.25) is 10.1 Å². The average molecular weight is 333 g/mol. The molecule has 0 spiro atoms. The fraction of sp³-hybridized carbons (Fsp3) is 0.400. The van der Waals surface area contributed by atoms with E-state index in [0.29, 0.717) is 5.69 Å². The molecule has 0 amide bonds. The largest absolute Gasteiger partial charge is 0.372 e. The zero-order valence-electron chi connectivity index (χ0n) is 13.2. The summed E-state index contributed by atoms with van der Waals surface area (Å²) in [5.74, 6) is 0. The van der Waals surface area contributed by atoms with Gasteiger partial charge in [-0.05, 0) is 48.9 Å². The summed E-state index contributed by atoms with van der Waals surface area (Å²) < 4.78 is 0. The first kappa shape index (κ1) is 17.0. The predicted octanol–water partition coefficient (Wildman–Crippen LogP) is 5.09. The van der Waals surface area contributed by atoms with Crippen molar-refractivity contribution in [3.8, 4) is 0 Å². The van der Waals surface area contributed by atoms with E-state index in [1.165, 1.54) is 12.6 Å². The van der Waals surface area contributed by atoms with Gasteiger partial charge in [-0.1, -0.05) is 13.3 Å². The van der Waals surface area contributed by atoms with Gasteiger partial charge >= 0.3 is 5.00 Å². The number of unbranched alkanes of at least 4 members (excludes halogenated alkanes) is 1. The van der Waals surface area contributed by atoms with Crippen LogP contribution >= 0.6 is 11.3 Å². The number of anilines is 1. The van der Waals surface area contributed by atoms with Crippen molar-refractivity contribution in [1.29, 1.82) is 0 Å². The summed E-state index contributed by atoms with van der Waals surface area (Å²) in [7, 11) is 0. The van der Waals surface area contributed by atoms with Crippen molar-refractivity contribution < 1.29 is 4.92 Å². The van der Waals surface area contributed by atoms with Crippen molar-refractivity contribution in [2.75, 3.05) is 18.0 Å². The molecule has 1 aromatic heterocycles. The van der Waals surface area contributed by atoms with Crippen LogP contribution < -0.4 is 4.90 Å². The molecule has 0 radical (unpaired) electrons. The van der Waals surface area contributed by atoms with Crippen molar-refractivity contribution in [2.45, 2.75) is 26.7 Å². The number of nitro groups is 1. The van der Waals surface area contributed by atoms with Crippen LogP contribution in [0.3, 0.4) is 0 Å². The second-order valence-electron chi connectivity index (χ2n) is 4.89. The van der Waals surface area contributed by atoms with Gasteiger partial charge in [0.25, 0.3) is 0 Å². The molecule has 0 N–H and O–H groups in total. The second-order valence-corrected chi connectivity index (χ2v) is 5.88. The zero-order chi connectivity index (χ0) is 16.7. The Labute approximate surface area is 138 Å². The van der Waals surface area contributed by atoms with Crippen LogP contribution in [0, 0.1) is 10.1 Å². The van der Waals surface area contributed by atoms with Gasteiger partial charge in [-0.2, -0.15) is 0 Å². The fourth-order valence-corrected chi connectivity index (χ4v) is 2.59. The molecule has 7 nitrogen and oxygen atoms in total. The lowest BCUT2D eigenvalue weighted by Crippen LogP contribution is -2.23. The lowest BCUT2D eigenvalue weighted by atomic mass is 10.2. The molecule has 0 atom stereocenters. The number of rotatable bonds is 8. The molecule has 0 bridgehead atoms. The first-order valence-corrected chi connectivity index (χ1v) is 8.32. The summed E-state index contributed by atoms with van der Waals surface area (Å²) in [6.07, 6.45) is 3.52. The molecule has 0 unspecified atom stereocenters. The highest BCUT2D eigenvalue weighted by Gasteiger charge is 2.10. The van der Waals surface area contributed by atoms with Gasteiger partial charge in [0.05, 0.1) is 10.6 Å². The Bertz CT molecular complexity index is 669. The Morgan fingerprint density at radius 3 is 2.57 bits per heavy atom. The smallest absolute Gasteiger partial charge is 0.345 e. The quantitative estimate of drug-likeness (QED) is 0.382. The number of azo groups is 1. The summed E-state index contributed by atoms with van der Waals surface area (Å²) in [6, 6.07) is 7.79. The van der Waals surface area contributed by atoms with Crippen LogP contribution in [0.5, 0.6) is 0 Å². The molecular formula is C15H19N5O2S. The van der Waals surface area contributed by atoms with Crippen molar-refractivity contribution >= 4 is 32.8 Å². The van der Waals surface area contributed by atoms with E-state index in [-0.39, 0.29) is 10.1 Å². The normalized spacial score (nSPS) is 11.0. The molecule has 2 rings (SSSR count). The third-order valence-electron chi connectivity index (χ3n) is 3.29. The average Bonchev–Trinajstić information content (AvgIpc) is 3.04. The van der Waals surface area contributed by atoms with Crippen molar-refractivity contribution in [3.63, 3.8) is 0 Å². The number of aromatic nitrogens is 1. The first-order valence-electron chi connectivity index (χ1n) is 7.51. The van der Waals surface area contributed by atoms with E-state index >= 15 is 0 Å². The van der Waals surface area contributed by atoms with Crippen LogP contribution in [0.25, 0.3) is 0 Å². The second kappa shape index (κ2) is 8.33. The minimum atomic E-state index is -0.485. The van der Waals surface area contributed by atoms with Crippen LogP contribution in [-0.4, -0.2) is 23.0 Å². The summed E-state index contributed by atoms with van der Waals surface area (Å²) in [5.41, 5.74) is 1.85. The Balaban J connectivity index is 2.03. The van der Waals surface area contributed by atoms with E-state index < -0.39 is 4.92 Å². The maximum Gasteiger partial charge on any atom is 0.345 e. The Morgan fingerprint density at radius 1 is 1.26 bits per heavy atom. The van der Waals surface area contributed by atoms with Crippen LogP contribution in [0.4, 0.5) is 21.5 Å². The summed E-state index contributed by atoms with van der Waals surface area (Å²) in [5, 5.41) is 18.8. The monoisotopic (exact) mass is 333 g/mol. The van der Waals surface area contributed by atoms with Crippen LogP contribution in [0.2, 0.25) is 0 Å². The SMILES string of the molecule is CCCCN(CC)c1ccc(/N=N/c2ncc([N+](=O)[O-])s2)cc1. The molecule has 0 aliphatic rings.